The molecule has 1 heterocycles. The lowest BCUT2D eigenvalue weighted by molar-refractivity contribution is -0.116. The van der Waals surface area contributed by atoms with E-state index in [0.29, 0.717) is 5.76 Å². The summed E-state index contributed by atoms with van der Waals surface area (Å²) in [6.45, 7) is 1.81. The third-order valence-corrected chi connectivity index (χ3v) is 2.07. The number of aliphatic hydroxyl groups excluding tert-OH is 1. The van der Waals surface area contributed by atoms with E-state index in [4.69, 9.17) is 15.3 Å². The van der Waals surface area contributed by atoms with Gasteiger partial charge in [0.2, 0.25) is 5.91 Å². The average molecular weight is 224 g/mol. The van der Waals surface area contributed by atoms with Crippen molar-refractivity contribution < 1.29 is 14.3 Å². The summed E-state index contributed by atoms with van der Waals surface area (Å²) in [5, 5.41) is 11.7. The summed E-state index contributed by atoms with van der Waals surface area (Å²) in [4.78, 5) is 11.3. The van der Waals surface area contributed by atoms with Gasteiger partial charge in [0.25, 0.3) is 0 Å². The van der Waals surface area contributed by atoms with E-state index in [1.807, 2.05) is 0 Å². The molecular weight excluding hydrogens is 208 g/mol. The van der Waals surface area contributed by atoms with Crippen LogP contribution in [-0.4, -0.2) is 29.7 Å². The summed E-state index contributed by atoms with van der Waals surface area (Å²) in [6.07, 6.45) is 3.80. The van der Waals surface area contributed by atoms with Gasteiger partial charge in [-0.3, -0.25) is 4.79 Å². The Labute approximate surface area is 93.9 Å². The minimum Gasteiger partial charge on any atom is -0.465 e. The molecule has 0 aliphatic rings. The fraction of sp³-hybridized carbons (Fsp3) is 0.364. The number of hydrogen-bond donors (Lipinski definition) is 3. The van der Waals surface area contributed by atoms with Gasteiger partial charge in [0.05, 0.1) is 12.4 Å². The molecular formula is C11H16N2O3. The Bertz CT molecular complexity index is 344. The first-order valence-electron chi connectivity index (χ1n) is 5.02. The van der Waals surface area contributed by atoms with Crippen LogP contribution in [0, 0.1) is 0 Å². The Morgan fingerprint density at radius 2 is 2.50 bits per heavy atom. The van der Waals surface area contributed by atoms with E-state index in [1.54, 1.807) is 25.1 Å². The summed E-state index contributed by atoms with van der Waals surface area (Å²) in [5.41, 5.74) is 5.55. The molecule has 0 aliphatic heterocycles. The van der Waals surface area contributed by atoms with Crippen LogP contribution in [0.1, 0.15) is 12.7 Å². The van der Waals surface area contributed by atoms with E-state index in [2.05, 4.69) is 5.32 Å². The lowest BCUT2D eigenvalue weighted by Gasteiger charge is -2.14. The number of furan rings is 1. The number of rotatable bonds is 5. The molecule has 0 aromatic carbocycles. The SMILES string of the molecule is CC(O)C(N)CNC(=O)C=Cc1ccco1. The summed E-state index contributed by atoms with van der Waals surface area (Å²) in [7, 11) is 0. The molecule has 88 valence electrons. The maximum atomic E-state index is 11.3. The molecule has 0 fully saturated rings. The number of nitrogens with two attached hydrogens (primary N) is 1. The molecule has 1 aromatic heterocycles. The quantitative estimate of drug-likeness (QED) is 0.620. The average Bonchev–Trinajstić information content (AvgIpc) is 2.75. The van der Waals surface area contributed by atoms with Crippen molar-refractivity contribution in [2.75, 3.05) is 6.54 Å². The molecule has 1 aromatic rings. The van der Waals surface area contributed by atoms with Crippen LogP contribution >= 0.6 is 0 Å². The van der Waals surface area contributed by atoms with E-state index in [1.165, 1.54) is 12.3 Å². The van der Waals surface area contributed by atoms with Crippen LogP contribution in [0.2, 0.25) is 0 Å². The van der Waals surface area contributed by atoms with Crippen molar-refractivity contribution in [3.63, 3.8) is 0 Å². The second-order valence-corrected chi connectivity index (χ2v) is 3.50. The van der Waals surface area contributed by atoms with Crippen molar-refractivity contribution in [3.05, 3.63) is 30.2 Å². The fourth-order valence-electron chi connectivity index (χ4n) is 0.992. The van der Waals surface area contributed by atoms with Crippen LogP contribution in [0.25, 0.3) is 6.08 Å². The lowest BCUT2D eigenvalue weighted by Crippen LogP contribution is -2.43. The Balaban J connectivity index is 2.31. The molecule has 0 bridgehead atoms. The van der Waals surface area contributed by atoms with E-state index < -0.39 is 12.1 Å². The van der Waals surface area contributed by atoms with Crippen LogP contribution in [0.5, 0.6) is 0 Å². The fourth-order valence-corrected chi connectivity index (χ4v) is 0.992. The molecule has 2 atom stereocenters. The molecule has 1 rings (SSSR count). The zero-order valence-electron chi connectivity index (χ0n) is 9.09. The van der Waals surface area contributed by atoms with Crippen LogP contribution in [0.4, 0.5) is 0 Å². The molecule has 2 unspecified atom stereocenters. The number of aliphatic hydroxyl groups is 1. The second-order valence-electron chi connectivity index (χ2n) is 3.50. The molecule has 0 aliphatic carbocycles. The molecule has 5 heteroatoms. The van der Waals surface area contributed by atoms with Crippen molar-refractivity contribution >= 4 is 12.0 Å². The van der Waals surface area contributed by atoms with Crippen LogP contribution in [0.15, 0.2) is 28.9 Å². The molecule has 5 nitrogen and oxygen atoms in total. The first kappa shape index (κ1) is 12.5. The van der Waals surface area contributed by atoms with Crippen LogP contribution in [0.3, 0.4) is 0 Å². The number of carbonyl (C=O) groups is 1. The van der Waals surface area contributed by atoms with Gasteiger partial charge in [-0.2, -0.15) is 0 Å². The molecule has 4 N–H and O–H groups in total. The number of hydrogen-bond acceptors (Lipinski definition) is 4. The molecule has 0 spiro atoms. The largest absolute Gasteiger partial charge is 0.465 e. The Morgan fingerprint density at radius 1 is 1.75 bits per heavy atom. The number of amides is 1. The highest BCUT2D eigenvalue weighted by Gasteiger charge is 2.09. The first-order valence-corrected chi connectivity index (χ1v) is 5.02. The summed E-state index contributed by atoms with van der Waals surface area (Å²) in [5.74, 6) is 0.336. The van der Waals surface area contributed by atoms with Crippen molar-refractivity contribution in [1.82, 2.24) is 5.32 Å². The molecule has 0 radical (unpaired) electrons. The second kappa shape index (κ2) is 6.09. The van der Waals surface area contributed by atoms with Gasteiger partial charge in [0, 0.05) is 18.7 Å². The van der Waals surface area contributed by atoms with Crippen molar-refractivity contribution in [2.45, 2.75) is 19.1 Å². The summed E-state index contributed by atoms with van der Waals surface area (Å²) >= 11 is 0. The highest BCUT2D eigenvalue weighted by molar-refractivity contribution is 5.91. The van der Waals surface area contributed by atoms with Gasteiger partial charge >= 0.3 is 0 Å². The highest BCUT2D eigenvalue weighted by Crippen LogP contribution is 2.01. The maximum Gasteiger partial charge on any atom is 0.244 e. The van der Waals surface area contributed by atoms with Gasteiger partial charge in [0.15, 0.2) is 0 Å². The van der Waals surface area contributed by atoms with Crippen molar-refractivity contribution in [1.29, 1.82) is 0 Å². The summed E-state index contributed by atoms with van der Waals surface area (Å²) in [6, 6.07) is 3.02. The van der Waals surface area contributed by atoms with Gasteiger partial charge in [0.1, 0.15) is 5.76 Å². The monoisotopic (exact) mass is 224 g/mol. The topological polar surface area (TPSA) is 88.5 Å². The zero-order valence-corrected chi connectivity index (χ0v) is 9.09. The minimum absolute atomic E-state index is 0.235. The Kier molecular flexibility index (Phi) is 4.75. The van der Waals surface area contributed by atoms with E-state index in [-0.39, 0.29) is 12.5 Å². The van der Waals surface area contributed by atoms with E-state index >= 15 is 0 Å². The molecule has 0 saturated heterocycles. The standard InChI is InChI=1S/C11H16N2O3/c1-8(14)10(12)7-13-11(15)5-4-9-3-2-6-16-9/h2-6,8,10,14H,7,12H2,1H3,(H,13,15). The molecule has 1 amide bonds. The van der Waals surface area contributed by atoms with Crippen LogP contribution < -0.4 is 11.1 Å². The van der Waals surface area contributed by atoms with E-state index in [9.17, 15) is 4.79 Å². The van der Waals surface area contributed by atoms with Gasteiger partial charge in [-0.05, 0) is 25.1 Å². The first-order chi connectivity index (χ1) is 7.59. The predicted octanol–water partition coefficient (Wildman–Crippen LogP) is 0.117. The van der Waals surface area contributed by atoms with Gasteiger partial charge in [-0.25, -0.2) is 0 Å². The Morgan fingerprint density at radius 3 is 3.06 bits per heavy atom. The lowest BCUT2D eigenvalue weighted by atomic mass is 10.2. The van der Waals surface area contributed by atoms with Gasteiger partial charge < -0.3 is 20.6 Å². The predicted molar refractivity (Wildman–Crippen MR) is 60.4 cm³/mol. The molecule has 0 saturated carbocycles. The highest BCUT2D eigenvalue weighted by atomic mass is 16.3. The number of nitrogens with one attached hydrogen (secondary N) is 1. The number of carbonyl (C=O) groups excluding carboxylic acids is 1. The smallest absolute Gasteiger partial charge is 0.244 e. The van der Waals surface area contributed by atoms with Crippen molar-refractivity contribution in [3.8, 4) is 0 Å². The van der Waals surface area contributed by atoms with Gasteiger partial charge in [-0.1, -0.05) is 0 Å². The Hall–Kier alpha value is -1.59. The zero-order chi connectivity index (χ0) is 12.0. The van der Waals surface area contributed by atoms with Gasteiger partial charge in [-0.15, -0.1) is 0 Å². The molecule has 16 heavy (non-hydrogen) atoms. The minimum atomic E-state index is -0.644. The third kappa shape index (κ3) is 4.29. The van der Waals surface area contributed by atoms with Crippen molar-refractivity contribution in [2.24, 2.45) is 5.73 Å². The van der Waals surface area contributed by atoms with Crippen LogP contribution in [-0.2, 0) is 4.79 Å². The summed E-state index contributed by atoms with van der Waals surface area (Å²) < 4.78 is 5.02. The third-order valence-electron chi connectivity index (χ3n) is 2.07. The van der Waals surface area contributed by atoms with E-state index in [0.717, 1.165) is 0 Å². The normalized spacial score (nSPS) is 14.9. The maximum absolute atomic E-state index is 11.3.